The van der Waals surface area contributed by atoms with Crippen LogP contribution in [0.4, 0.5) is 0 Å². The van der Waals surface area contributed by atoms with Crippen LogP contribution in [0.2, 0.25) is 0 Å². The van der Waals surface area contributed by atoms with Gasteiger partial charge in [-0.2, -0.15) is 0 Å². The van der Waals surface area contributed by atoms with Crippen LogP contribution in [-0.2, 0) is 32.1 Å². The lowest BCUT2D eigenvalue weighted by Crippen LogP contribution is -2.60. The molecule has 3 rings (SSSR count). The maximum Gasteiger partial charge on any atom is 0.325 e. The molecule has 0 radical (unpaired) electrons. The number of carbonyl (C=O) groups is 3. The number of hydrogen-bond donors (Lipinski definition) is 2. The van der Waals surface area contributed by atoms with E-state index in [0.29, 0.717) is 25.9 Å². The molecule has 176 valence electrons. The average Bonchev–Trinajstić information content (AvgIpc) is 2.80. The fraction of sp³-hybridized carbons (Fsp3) is 0.423. The van der Waals surface area contributed by atoms with Gasteiger partial charge in [-0.05, 0) is 50.8 Å². The first kappa shape index (κ1) is 24.5. The SMILES string of the molecule is CC1(C)NC(=O)C(Cc2ccccc2)N(Cc2ccccc2)CCCCOC(=O)CNC1=O. The van der Waals surface area contributed by atoms with Crippen LogP contribution in [0, 0.1) is 0 Å². The molecule has 1 atom stereocenters. The predicted molar refractivity (Wildman–Crippen MR) is 126 cm³/mol. The molecule has 33 heavy (non-hydrogen) atoms. The van der Waals surface area contributed by atoms with Gasteiger partial charge in [-0.3, -0.25) is 19.3 Å². The van der Waals surface area contributed by atoms with E-state index in [0.717, 1.165) is 17.5 Å². The Balaban J connectivity index is 1.91. The molecule has 2 aromatic carbocycles. The molecule has 0 bridgehead atoms. The smallest absolute Gasteiger partial charge is 0.325 e. The van der Waals surface area contributed by atoms with Gasteiger partial charge >= 0.3 is 5.97 Å². The molecular weight excluding hydrogens is 418 g/mol. The summed E-state index contributed by atoms with van der Waals surface area (Å²) in [5, 5.41) is 5.49. The van der Waals surface area contributed by atoms with Crippen LogP contribution in [0.25, 0.3) is 0 Å². The van der Waals surface area contributed by atoms with E-state index in [1.165, 1.54) is 0 Å². The summed E-state index contributed by atoms with van der Waals surface area (Å²) in [6, 6.07) is 19.5. The van der Waals surface area contributed by atoms with Crippen molar-refractivity contribution in [2.24, 2.45) is 0 Å². The van der Waals surface area contributed by atoms with Gasteiger partial charge in [0.1, 0.15) is 12.1 Å². The summed E-state index contributed by atoms with van der Waals surface area (Å²) in [7, 11) is 0. The molecule has 7 nitrogen and oxygen atoms in total. The molecule has 1 fully saturated rings. The minimum Gasteiger partial charge on any atom is -0.464 e. The molecule has 0 aliphatic carbocycles. The van der Waals surface area contributed by atoms with Crippen molar-refractivity contribution >= 4 is 17.8 Å². The van der Waals surface area contributed by atoms with E-state index in [4.69, 9.17) is 4.74 Å². The van der Waals surface area contributed by atoms with Crippen molar-refractivity contribution in [3.63, 3.8) is 0 Å². The first-order valence-corrected chi connectivity index (χ1v) is 11.4. The maximum atomic E-state index is 13.6. The molecule has 2 amide bonds. The molecule has 0 aromatic heterocycles. The van der Waals surface area contributed by atoms with Gasteiger partial charge in [-0.25, -0.2) is 0 Å². The van der Waals surface area contributed by atoms with Crippen LogP contribution in [-0.4, -0.2) is 54.0 Å². The molecule has 0 saturated carbocycles. The zero-order chi connectivity index (χ0) is 23.7. The van der Waals surface area contributed by atoms with Crippen LogP contribution < -0.4 is 10.6 Å². The van der Waals surface area contributed by atoms with Gasteiger partial charge in [0.15, 0.2) is 0 Å². The number of ether oxygens (including phenoxy) is 1. The number of benzene rings is 2. The Bertz CT molecular complexity index is 931. The van der Waals surface area contributed by atoms with Gasteiger partial charge in [0.25, 0.3) is 0 Å². The van der Waals surface area contributed by atoms with E-state index in [1.807, 2.05) is 60.7 Å². The first-order valence-electron chi connectivity index (χ1n) is 11.4. The summed E-state index contributed by atoms with van der Waals surface area (Å²) in [5.41, 5.74) is 0.968. The van der Waals surface area contributed by atoms with Gasteiger partial charge in [0.05, 0.1) is 12.6 Å². The Morgan fingerprint density at radius 2 is 1.58 bits per heavy atom. The lowest BCUT2D eigenvalue weighted by Gasteiger charge is -2.34. The Morgan fingerprint density at radius 1 is 0.939 bits per heavy atom. The summed E-state index contributed by atoms with van der Waals surface area (Å²) >= 11 is 0. The summed E-state index contributed by atoms with van der Waals surface area (Å²) in [6.07, 6.45) is 1.97. The zero-order valence-electron chi connectivity index (χ0n) is 19.4. The number of hydrogen-bond acceptors (Lipinski definition) is 5. The highest BCUT2D eigenvalue weighted by Crippen LogP contribution is 2.17. The van der Waals surface area contributed by atoms with E-state index < -0.39 is 23.5 Å². The largest absolute Gasteiger partial charge is 0.464 e. The molecule has 2 N–H and O–H groups in total. The lowest BCUT2D eigenvalue weighted by molar-refractivity contribution is -0.145. The molecule has 1 heterocycles. The monoisotopic (exact) mass is 451 g/mol. The van der Waals surface area contributed by atoms with Crippen molar-refractivity contribution in [2.45, 2.75) is 51.2 Å². The van der Waals surface area contributed by atoms with Crippen LogP contribution in [0.15, 0.2) is 60.7 Å². The third-order valence-electron chi connectivity index (χ3n) is 5.74. The van der Waals surface area contributed by atoms with E-state index in [-0.39, 0.29) is 19.1 Å². The Labute approximate surface area is 195 Å². The minimum absolute atomic E-state index is 0.213. The summed E-state index contributed by atoms with van der Waals surface area (Å²) in [4.78, 5) is 40.3. The fourth-order valence-corrected chi connectivity index (χ4v) is 3.86. The first-order chi connectivity index (χ1) is 15.8. The molecule has 1 aliphatic rings. The van der Waals surface area contributed by atoms with Crippen molar-refractivity contribution in [3.05, 3.63) is 71.8 Å². The zero-order valence-corrected chi connectivity index (χ0v) is 19.4. The quantitative estimate of drug-likeness (QED) is 0.698. The summed E-state index contributed by atoms with van der Waals surface area (Å²) in [5.74, 6) is -1.13. The number of rotatable bonds is 4. The Kier molecular flexibility index (Phi) is 8.60. The van der Waals surface area contributed by atoms with Gasteiger partial charge in [-0.15, -0.1) is 0 Å². The standard InChI is InChI=1S/C26H33N3O4/c1-26(2)25(32)27-18-23(30)33-16-10-9-15-29(19-21-13-7-4-8-14-21)22(24(31)28-26)17-20-11-5-3-6-12-20/h3-8,11-14,22H,9-10,15-19H2,1-2H3,(H,27,32)(H,28,31). The van der Waals surface area contributed by atoms with E-state index in [9.17, 15) is 14.4 Å². The molecule has 1 unspecified atom stereocenters. The predicted octanol–water partition coefficient (Wildman–Crippen LogP) is 2.45. The van der Waals surface area contributed by atoms with E-state index in [2.05, 4.69) is 15.5 Å². The van der Waals surface area contributed by atoms with Crippen molar-refractivity contribution < 1.29 is 19.1 Å². The molecule has 7 heteroatoms. The topological polar surface area (TPSA) is 87.7 Å². The number of amides is 2. The number of cyclic esters (lactones) is 1. The molecule has 1 aliphatic heterocycles. The van der Waals surface area contributed by atoms with Crippen LogP contribution in [0.5, 0.6) is 0 Å². The van der Waals surface area contributed by atoms with Crippen molar-refractivity contribution in [2.75, 3.05) is 19.7 Å². The molecule has 1 saturated heterocycles. The number of carbonyl (C=O) groups excluding carboxylic acids is 3. The van der Waals surface area contributed by atoms with Crippen LogP contribution in [0.3, 0.4) is 0 Å². The third-order valence-corrected chi connectivity index (χ3v) is 5.74. The second-order valence-corrected chi connectivity index (χ2v) is 8.89. The Morgan fingerprint density at radius 3 is 2.24 bits per heavy atom. The fourth-order valence-electron chi connectivity index (χ4n) is 3.86. The highest BCUT2D eigenvalue weighted by molar-refractivity contribution is 5.93. The third kappa shape index (κ3) is 7.43. The van der Waals surface area contributed by atoms with Crippen molar-refractivity contribution in [1.82, 2.24) is 15.5 Å². The minimum atomic E-state index is -1.19. The average molecular weight is 452 g/mol. The van der Waals surface area contributed by atoms with Gasteiger partial charge in [-0.1, -0.05) is 60.7 Å². The number of esters is 1. The molecular formula is C26H33N3O4. The summed E-state index contributed by atoms with van der Waals surface area (Å²) in [6.45, 7) is 4.60. The van der Waals surface area contributed by atoms with E-state index >= 15 is 0 Å². The second-order valence-electron chi connectivity index (χ2n) is 8.89. The van der Waals surface area contributed by atoms with Crippen LogP contribution >= 0.6 is 0 Å². The number of nitrogens with one attached hydrogen (secondary N) is 2. The van der Waals surface area contributed by atoms with Crippen LogP contribution in [0.1, 0.15) is 37.8 Å². The normalized spacial score (nSPS) is 20.8. The van der Waals surface area contributed by atoms with Gasteiger partial charge in [0, 0.05) is 6.54 Å². The molecule has 0 spiro atoms. The van der Waals surface area contributed by atoms with Crippen molar-refractivity contribution in [1.29, 1.82) is 0 Å². The number of nitrogens with zero attached hydrogens (tertiary/aromatic N) is 1. The van der Waals surface area contributed by atoms with E-state index in [1.54, 1.807) is 13.8 Å². The summed E-state index contributed by atoms with van der Waals surface area (Å²) < 4.78 is 5.24. The van der Waals surface area contributed by atoms with Crippen molar-refractivity contribution in [3.8, 4) is 0 Å². The van der Waals surface area contributed by atoms with Gasteiger partial charge < -0.3 is 15.4 Å². The highest BCUT2D eigenvalue weighted by atomic mass is 16.5. The maximum absolute atomic E-state index is 13.6. The Hall–Kier alpha value is -3.19. The highest BCUT2D eigenvalue weighted by Gasteiger charge is 2.35. The molecule has 2 aromatic rings. The van der Waals surface area contributed by atoms with Gasteiger partial charge in [0.2, 0.25) is 11.8 Å². The lowest BCUT2D eigenvalue weighted by atomic mass is 9.99. The second kappa shape index (κ2) is 11.6.